The molecule has 0 saturated carbocycles. The first-order chi connectivity index (χ1) is 9.40. The predicted octanol–water partition coefficient (Wildman–Crippen LogP) is 2.55. The van der Waals surface area contributed by atoms with Crippen LogP contribution in [0.5, 0.6) is 0 Å². The number of rotatable bonds is 0. The van der Waals surface area contributed by atoms with E-state index in [1.54, 1.807) is 13.8 Å². The van der Waals surface area contributed by atoms with Crippen molar-refractivity contribution >= 4 is 11.4 Å². The summed E-state index contributed by atoms with van der Waals surface area (Å²) < 4.78 is 0. The SMILES string of the molecule is CC1(O)Nc2ccccc2C(C)(O)Nc2ccccc21. The highest BCUT2D eigenvalue weighted by atomic mass is 16.3. The molecule has 2 aromatic rings. The van der Waals surface area contributed by atoms with E-state index in [-0.39, 0.29) is 0 Å². The van der Waals surface area contributed by atoms with Crippen LogP contribution in [-0.4, -0.2) is 10.2 Å². The van der Waals surface area contributed by atoms with Crippen molar-refractivity contribution in [1.82, 2.24) is 0 Å². The molecule has 0 aromatic heterocycles. The summed E-state index contributed by atoms with van der Waals surface area (Å²) in [5.41, 5.74) is 0.324. The highest BCUT2D eigenvalue weighted by Gasteiger charge is 2.35. The third-order valence-corrected chi connectivity index (χ3v) is 3.66. The van der Waals surface area contributed by atoms with Gasteiger partial charge in [-0.15, -0.1) is 0 Å². The Bertz CT molecular complexity index is 593. The summed E-state index contributed by atoms with van der Waals surface area (Å²) in [6.45, 7) is 3.40. The molecular weight excluding hydrogens is 252 g/mol. The van der Waals surface area contributed by atoms with E-state index >= 15 is 0 Å². The summed E-state index contributed by atoms with van der Waals surface area (Å²) in [6.07, 6.45) is 0. The fourth-order valence-electron chi connectivity index (χ4n) is 2.69. The number of hydrogen-bond acceptors (Lipinski definition) is 4. The van der Waals surface area contributed by atoms with Gasteiger partial charge in [-0.05, 0) is 26.0 Å². The predicted molar refractivity (Wildman–Crippen MR) is 79.3 cm³/mol. The first-order valence-electron chi connectivity index (χ1n) is 6.60. The van der Waals surface area contributed by atoms with Crippen LogP contribution in [-0.2, 0) is 11.4 Å². The summed E-state index contributed by atoms with van der Waals surface area (Å²) in [6, 6.07) is 14.8. The van der Waals surface area contributed by atoms with E-state index in [4.69, 9.17) is 0 Å². The Balaban J connectivity index is 2.22. The maximum absolute atomic E-state index is 10.7. The van der Waals surface area contributed by atoms with Crippen molar-refractivity contribution in [3.63, 3.8) is 0 Å². The lowest BCUT2D eigenvalue weighted by atomic mass is 9.94. The van der Waals surface area contributed by atoms with Crippen LogP contribution in [0.15, 0.2) is 48.5 Å². The normalized spacial score (nSPS) is 28.2. The number of aliphatic hydroxyl groups is 2. The molecular formula is C16H18N2O2. The molecule has 0 aliphatic carbocycles. The van der Waals surface area contributed by atoms with Crippen molar-refractivity contribution in [2.75, 3.05) is 10.6 Å². The van der Waals surface area contributed by atoms with E-state index in [9.17, 15) is 10.2 Å². The molecule has 0 saturated heterocycles. The number of para-hydroxylation sites is 2. The fraction of sp³-hybridized carbons (Fsp3) is 0.250. The van der Waals surface area contributed by atoms with Crippen LogP contribution in [0.1, 0.15) is 25.0 Å². The molecule has 20 heavy (non-hydrogen) atoms. The lowest BCUT2D eigenvalue weighted by Gasteiger charge is -2.38. The molecule has 0 spiro atoms. The molecule has 4 nitrogen and oxygen atoms in total. The van der Waals surface area contributed by atoms with Crippen molar-refractivity contribution in [1.29, 1.82) is 0 Å². The Morgan fingerprint density at radius 2 is 1.05 bits per heavy atom. The highest BCUT2D eigenvalue weighted by molar-refractivity contribution is 5.65. The zero-order valence-corrected chi connectivity index (χ0v) is 11.5. The van der Waals surface area contributed by atoms with Gasteiger partial charge < -0.3 is 20.8 Å². The molecule has 2 atom stereocenters. The van der Waals surface area contributed by atoms with E-state index in [1.165, 1.54) is 0 Å². The van der Waals surface area contributed by atoms with Gasteiger partial charge in [0.1, 0.15) is 0 Å². The Hall–Kier alpha value is -2.04. The van der Waals surface area contributed by atoms with Crippen LogP contribution in [0.4, 0.5) is 11.4 Å². The second-order valence-corrected chi connectivity index (χ2v) is 5.49. The third kappa shape index (κ3) is 2.03. The van der Waals surface area contributed by atoms with E-state index in [2.05, 4.69) is 10.6 Å². The molecule has 1 aliphatic heterocycles. The summed E-state index contributed by atoms with van der Waals surface area (Å²) >= 11 is 0. The van der Waals surface area contributed by atoms with Crippen LogP contribution in [0.3, 0.4) is 0 Å². The molecule has 4 N–H and O–H groups in total. The van der Waals surface area contributed by atoms with E-state index in [1.807, 2.05) is 48.5 Å². The zero-order chi connectivity index (χ0) is 14.4. The van der Waals surface area contributed by atoms with Crippen molar-refractivity contribution in [2.24, 2.45) is 0 Å². The van der Waals surface area contributed by atoms with Crippen LogP contribution in [0.25, 0.3) is 0 Å². The summed E-state index contributed by atoms with van der Waals surface area (Å²) in [5, 5.41) is 27.6. The molecule has 1 aliphatic rings. The van der Waals surface area contributed by atoms with Crippen LogP contribution in [0, 0.1) is 0 Å². The molecule has 2 unspecified atom stereocenters. The second-order valence-electron chi connectivity index (χ2n) is 5.49. The monoisotopic (exact) mass is 270 g/mol. The van der Waals surface area contributed by atoms with Gasteiger partial charge in [0.15, 0.2) is 11.4 Å². The largest absolute Gasteiger partial charge is 0.367 e. The van der Waals surface area contributed by atoms with E-state index in [0.717, 1.165) is 0 Å². The molecule has 104 valence electrons. The van der Waals surface area contributed by atoms with Gasteiger partial charge in [0.2, 0.25) is 0 Å². The van der Waals surface area contributed by atoms with E-state index in [0.29, 0.717) is 22.5 Å². The topological polar surface area (TPSA) is 64.5 Å². The summed E-state index contributed by atoms with van der Waals surface area (Å²) in [7, 11) is 0. The Morgan fingerprint density at radius 1 is 0.700 bits per heavy atom. The van der Waals surface area contributed by atoms with Gasteiger partial charge in [0, 0.05) is 22.5 Å². The number of benzene rings is 2. The number of fused-ring (bicyclic) bond motifs is 2. The van der Waals surface area contributed by atoms with Crippen molar-refractivity contribution in [3.8, 4) is 0 Å². The highest BCUT2D eigenvalue weighted by Crippen LogP contribution is 2.38. The number of nitrogens with one attached hydrogen (secondary N) is 2. The third-order valence-electron chi connectivity index (χ3n) is 3.66. The summed E-state index contributed by atoms with van der Waals surface area (Å²) in [4.78, 5) is 0. The Kier molecular flexibility index (Phi) is 2.74. The second kappa shape index (κ2) is 4.23. The minimum absolute atomic E-state index is 0.690. The molecule has 1 heterocycles. The Morgan fingerprint density at radius 3 is 1.45 bits per heavy atom. The first-order valence-corrected chi connectivity index (χ1v) is 6.60. The molecule has 2 aromatic carbocycles. The first kappa shape index (κ1) is 13.0. The van der Waals surface area contributed by atoms with Gasteiger partial charge in [-0.2, -0.15) is 0 Å². The Labute approximate surface area is 118 Å². The van der Waals surface area contributed by atoms with Gasteiger partial charge in [0.25, 0.3) is 0 Å². The van der Waals surface area contributed by atoms with Crippen LogP contribution in [0.2, 0.25) is 0 Å². The average Bonchev–Trinajstić information content (AvgIpc) is 2.37. The molecule has 0 amide bonds. The lowest BCUT2D eigenvalue weighted by molar-refractivity contribution is 0.0737. The van der Waals surface area contributed by atoms with Crippen LogP contribution >= 0.6 is 0 Å². The standard InChI is InChI=1S/C16H18N2O2/c1-15(19)11-7-3-5-9-13(11)18-16(2,20)12-8-4-6-10-14(12)17-15/h3-10,17-20H,1-2H3. The minimum atomic E-state index is -1.23. The smallest absolute Gasteiger partial charge is 0.161 e. The summed E-state index contributed by atoms with van der Waals surface area (Å²) in [5.74, 6) is 0. The number of hydrogen-bond donors (Lipinski definition) is 4. The van der Waals surface area contributed by atoms with Crippen molar-refractivity contribution < 1.29 is 10.2 Å². The van der Waals surface area contributed by atoms with Gasteiger partial charge in [-0.25, -0.2) is 0 Å². The molecule has 0 bridgehead atoms. The van der Waals surface area contributed by atoms with Crippen molar-refractivity contribution in [3.05, 3.63) is 59.7 Å². The maximum Gasteiger partial charge on any atom is 0.161 e. The molecule has 4 heteroatoms. The van der Waals surface area contributed by atoms with Crippen LogP contribution < -0.4 is 10.6 Å². The maximum atomic E-state index is 10.7. The molecule has 0 radical (unpaired) electrons. The van der Waals surface area contributed by atoms with Gasteiger partial charge in [-0.3, -0.25) is 0 Å². The zero-order valence-electron chi connectivity index (χ0n) is 11.5. The van der Waals surface area contributed by atoms with Gasteiger partial charge in [-0.1, -0.05) is 36.4 Å². The lowest BCUT2D eigenvalue weighted by Crippen LogP contribution is -2.40. The minimum Gasteiger partial charge on any atom is -0.367 e. The van der Waals surface area contributed by atoms with E-state index < -0.39 is 11.4 Å². The quantitative estimate of drug-likeness (QED) is 0.594. The number of anilines is 2. The van der Waals surface area contributed by atoms with Crippen molar-refractivity contribution in [2.45, 2.75) is 25.3 Å². The molecule has 3 rings (SSSR count). The van der Waals surface area contributed by atoms with Gasteiger partial charge in [0.05, 0.1) is 0 Å². The average molecular weight is 270 g/mol. The van der Waals surface area contributed by atoms with Gasteiger partial charge >= 0.3 is 0 Å². The fourth-order valence-corrected chi connectivity index (χ4v) is 2.69. The molecule has 0 fully saturated rings.